The molecule has 0 spiro atoms. The minimum absolute atomic E-state index is 0.0623. The number of carboxylic acid groups (broad SMARTS) is 1. The highest BCUT2D eigenvalue weighted by atomic mass is 16.6. The molecule has 0 bridgehead atoms. The molecule has 1 aliphatic heterocycles. The Labute approximate surface area is 118 Å². The van der Waals surface area contributed by atoms with Crippen LogP contribution in [0.3, 0.4) is 0 Å². The van der Waals surface area contributed by atoms with E-state index in [0.29, 0.717) is 13.0 Å². The van der Waals surface area contributed by atoms with E-state index < -0.39 is 23.7 Å². The Morgan fingerprint density at radius 2 is 2.00 bits per heavy atom. The summed E-state index contributed by atoms with van der Waals surface area (Å²) in [5.41, 5.74) is -0.607. The van der Waals surface area contributed by atoms with E-state index in [-0.39, 0.29) is 18.9 Å². The van der Waals surface area contributed by atoms with Gasteiger partial charge in [0.25, 0.3) is 0 Å². The second-order valence-electron chi connectivity index (χ2n) is 5.77. The number of hydrogen-bond acceptors (Lipinski definition) is 4. The first-order chi connectivity index (χ1) is 9.20. The van der Waals surface area contributed by atoms with Gasteiger partial charge in [-0.2, -0.15) is 0 Å². The van der Waals surface area contributed by atoms with Crippen LogP contribution in [0.4, 0.5) is 4.79 Å². The quantitative estimate of drug-likeness (QED) is 0.803. The second-order valence-corrected chi connectivity index (χ2v) is 5.77. The zero-order valence-corrected chi connectivity index (χ0v) is 12.1. The van der Waals surface area contributed by atoms with Gasteiger partial charge in [-0.3, -0.25) is 14.5 Å². The highest BCUT2D eigenvalue weighted by Crippen LogP contribution is 2.20. The maximum atomic E-state index is 12.0. The van der Waals surface area contributed by atoms with Crippen LogP contribution in [0.15, 0.2) is 0 Å². The minimum Gasteiger partial charge on any atom is -0.481 e. The van der Waals surface area contributed by atoms with E-state index in [1.807, 2.05) is 0 Å². The van der Waals surface area contributed by atoms with E-state index in [2.05, 4.69) is 5.32 Å². The molecule has 7 heteroatoms. The van der Waals surface area contributed by atoms with Crippen LogP contribution >= 0.6 is 0 Å². The molecule has 0 aliphatic carbocycles. The smallest absolute Gasteiger partial charge is 0.410 e. The SMILES string of the molecule is CC(C)(C)OC(=O)N1CCC[C@@H]1C(=O)NCCC(=O)O. The van der Waals surface area contributed by atoms with Crippen molar-refractivity contribution in [3.63, 3.8) is 0 Å². The zero-order chi connectivity index (χ0) is 15.3. The predicted molar refractivity (Wildman–Crippen MR) is 71.2 cm³/mol. The minimum atomic E-state index is -0.972. The summed E-state index contributed by atoms with van der Waals surface area (Å²) in [6, 6.07) is -0.571. The zero-order valence-electron chi connectivity index (χ0n) is 12.1. The van der Waals surface area contributed by atoms with Gasteiger partial charge in [-0.1, -0.05) is 0 Å². The van der Waals surface area contributed by atoms with E-state index in [1.54, 1.807) is 20.8 Å². The van der Waals surface area contributed by atoms with Crippen molar-refractivity contribution in [2.24, 2.45) is 0 Å². The highest BCUT2D eigenvalue weighted by Gasteiger charge is 2.36. The maximum Gasteiger partial charge on any atom is 0.410 e. The standard InChI is InChI=1S/C13H22N2O5/c1-13(2,3)20-12(19)15-8-4-5-9(15)11(18)14-7-6-10(16)17/h9H,4-8H2,1-3H3,(H,14,18)(H,16,17)/t9-/m1/s1. The second kappa shape index (κ2) is 6.58. The fourth-order valence-electron chi connectivity index (χ4n) is 1.99. The van der Waals surface area contributed by atoms with E-state index in [1.165, 1.54) is 4.90 Å². The Hall–Kier alpha value is -1.79. The molecule has 1 saturated heterocycles. The van der Waals surface area contributed by atoms with E-state index in [9.17, 15) is 14.4 Å². The van der Waals surface area contributed by atoms with Crippen LogP contribution < -0.4 is 5.32 Å². The molecule has 1 heterocycles. The number of carboxylic acids is 1. The summed E-state index contributed by atoms with van der Waals surface area (Å²) in [6.45, 7) is 5.84. The van der Waals surface area contributed by atoms with Crippen LogP contribution in [0, 0.1) is 0 Å². The van der Waals surface area contributed by atoms with Gasteiger partial charge in [0.2, 0.25) is 5.91 Å². The highest BCUT2D eigenvalue weighted by molar-refractivity contribution is 5.86. The summed E-state index contributed by atoms with van der Waals surface area (Å²) >= 11 is 0. The lowest BCUT2D eigenvalue weighted by atomic mass is 10.2. The molecule has 114 valence electrons. The molecule has 1 fully saturated rings. The number of likely N-dealkylation sites (tertiary alicyclic amines) is 1. The summed E-state index contributed by atoms with van der Waals surface area (Å²) in [6.07, 6.45) is 0.660. The van der Waals surface area contributed by atoms with Crippen molar-refractivity contribution >= 4 is 18.0 Å². The number of aliphatic carboxylic acids is 1. The summed E-state index contributed by atoms with van der Waals surface area (Å²) < 4.78 is 5.26. The number of amides is 2. The van der Waals surface area contributed by atoms with Crippen molar-refractivity contribution in [2.75, 3.05) is 13.1 Å². The van der Waals surface area contributed by atoms with Gasteiger partial charge in [-0.15, -0.1) is 0 Å². The molecule has 1 aliphatic rings. The molecule has 7 nitrogen and oxygen atoms in total. The molecule has 0 saturated carbocycles. The molecule has 20 heavy (non-hydrogen) atoms. The average molecular weight is 286 g/mol. The van der Waals surface area contributed by atoms with Crippen LogP contribution in [0.2, 0.25) is 0 Å². The third-order valence-electron chi connectivity index (χ3n) is 2.82. The third-order valence-corrected chi connectivity index (χ3v) is 2.82. The first-order valence-corrected chi connectivity index (χ1v) is 6.70. The Kier molecular flexibility index (Phi) is 5.35. The molecule has 0 aromatic heterocycles. The number of rotatable bonds is 4. The molecular weight excluding hydrogens is 264 g/mol. The largest absolute Gasteiger partial charge is 0.481 e. The number of ether oxygens (including phenoxy) is 1. The summed E-state index contributed by atoms with van der Waals surface area (Å²) in [5, 5.41) is 11.1. The van der Waals surface area contributed by atoms with Crippen molar-refractivity contribution in [1.29, 1.82) is 0 Å². The van der Waals surface area contributed by atoms with Crippen molar-refractivity contribution in [2.45, 2.75) is 51.7 Å². The Morgan fingerprint density at radius 1 is 1.35 bits per heavy atom. The van der Waals surface area contributed by atoms with Gasteiger partial charge in [-0.05, 0) is 33.6 Å². The fourth-order valence-corrected chi connectivity index (χ4v) is 1.99. The van der Waals surface area contributed by atoms with Gasteiger partial charge >= 0.3 is 12.1 Å². The summed E-state index contributed by atoms with van der Waals surface area (Å²) in [4.78, 5) is 35.7. The van der Waals surface area contributed by atoms with Crippen molar-refractivity contribution in [1.82, 2.24) is 10.2 Å². The number of nitrogens with zero attached hydrogens (tertiary/aromatic N) is 1. The predicted octanol–water partition coefficient (Wildman–Crippen LogP) is 0.977. The molecular formula is C13H22N2O5. The topological polar surface area (TPSA) is 95.9 Å². The number of nitrogens with one attached hydrogen (secondary N) is 1. The van der Waals surface area contributed by atoms with Crippen molar-refractivity contribution in [3.05, 3.63) is 0 Å². The number of carbonyl (C=O) groups excluding carboxylic acids is 2. The Bertz CT molecular complexity index is 389. The molecule has 0 aromatic rings. The number of hydrogen-bond donors (Lipinski definition) is 2. The first-order valence-electron chi connectivity index (χ1n) is 6.70. The van der Waals surface area contributed by atoms with Crippen LogP contribution in [0.1, 0.15) is 40.0 Å². The van der Waals surface area contributed by atoms with Gasteiger partial charge < -0.3 is 15.2 Å². The van der Waals surface area contributed by atoms with Gasteiger partial charge in [-0.25, -0.2) is 4.79 Å². The molecule has 0 radical (unpaired) electrons. The van der Waals surface area contributed by atoms with Gasteiger partial charge in [0.15, 0.2) is 0 Å². The summed E-state index contributed by atoms with van der Waals surface area (Å²) in [7, 11) is 0. The van der Waals surface area contributed by atoms with Crippen LogP contribution in [0.25, 0.3) is 0 Å². The van der Waals surface area contributed by atoms with E-state index in [0.717, 1.165) is 6.42 Å². The first kappa shape index (κ1) is 16.3. The summed E-state index contributed by atoms with van der Waals surface area (Å²) in [5.74, 6) is -1.30. The van der Waals surface area contributed by atoms with Crippen molar-refractivity contribution < 1.29 is 24.2 Å². The molecule has 2 N–H and O–H groups in total. The van der Waals surface area contributed by atoms with E-state index in [4.69, 9.17) is 9.84 Å². The van der Waals surface area contributed by atoms with E-state index >= 15 is 0 Å². The molecule has 2 amide bonds. The fraction of sp³-hybridized carbons (Fsp3) is 0.769. The van der Waals surface area contributed by atoms with Crippen molar-refractivity contribution in [3.8, 4) is 0 Å². The lowest BCUT2D eigenvalue weighted by molar-refractivity contribution is -0.137. The lowest BCUT2D eigenvalue weighted by Crippen LogP contribution is -2.47. The van der Waals surface area contributed by atoms with Gasteiger partial charge in [0.1, 0.15) is 11.6 Å². The Balaban J connectivity index is 2.53. The van der Waals surface area contributed by atoms with Crippen LogP contribution in [0.5, 0.6) is 0 Å². The lowest BCUT2D eigenvalue weighted by Gasteiger charge is -2.28. The van der Waals surface area contributed by atoms with Gasteiger partial charge in [0.05, 0.1) is 6.42 Å². The molecule has 1 rings (SSSR count). The maximum absolute atomic E-state index is 12.0. The monoisotopic (exact) mass is 286 g/mol. The molecule has 0 aromatic carbocycles. The normalized spacial score (nSPS) is 18.8. The van der Waals surface area contributed by atoms with Gasteiger partial charge in [0, 0.05) is 13.1 Å². The van der Waals surface area contributed by atoms with Crippen LogP contribution in [-0.2, 0) is 14.3 Å². The van der Waals surface area contributed by atoms with Crippen LogP contribution in [-0.4, -0.2) is 52.7 Å². The molecule has 1 atom stereocenters. The Morgan fingerprint density at radius 3 is 2.55 bits per heavy atom. The average Bonchev–Trinajstić information content (AvgIpc) is 2.74. The third kappa shape index (κ3) is 5.07. The number of carbonyl (C=O) groups is 3. The molecule has 0 unspecified atom stereocenters.